The fourth-order valence-corrected chi connectivity index (χ4v) is 1.95. The van der Waals surface area contributed by atoms with Gasteiger partial charge in [0.2, 0.25) is 0 Å². The van der Waals surface area contributed by atoms with Crippen LogP contribution in [-0.4, -0.2) is 29.5 Å². The Morgan fingerprint density at radius 2 is 2.22 bits per heavy atom. The molecule has 18 heavy (non-hydrogen) atoms. The summed E-state index contributed by atoms with van der Waals surface area (Å²) >= 11 is 0. The monoisotopic (exact) mass is 244 g/mol. The maximum atomic E-state index is 11.8. The number of hydrogen-bond donors (Lipinski definition) is 0. The quantitative estimate of drug-likeness (QED) is 0.761. The van der Waals surface area contributed by atoms with Crippen LogP contribution in [0.25, 0.3) is 0 Å². The van der Waals surface area contributed by atoms with Crippen LogP contribution in [-0.2, 0) is 16.0 Å². The van der Waals surface area contributed by atoms with Gasteiger partial charge in [-0.25, -0.2) is 14.5 Å². The maximum absolute atomic E-state index is 11.8. The molecule has 0 N–H and O–H groups in total. The van der Waals surface area contributed by atoms with Crippen molar-refractivity contribution in [2.24, 2.45) is 0 Å². The first kappa shape index (κ1) is 12.2. The van der Waals surface area contributed by atoms with E-state index in [9.17, 15) is 9.59 Å². The minimum atomic E-state index is -0.584. The third kappa shape index (κ3) is 2.53. The molecular weight excluding hydrogens is 230 g/mol. The first-order valence-corrected chi connectivity index (χ1v) is 5.72. The van der Waals surface area contributed by atoms with Gasteiger partial charge in [0.25, 0.3) is 0 Å². The third-order valence-corrected chi connectivity index (χ3v) is 2.77. The van der Waals surface area contributed by atoms with Crippen LogP contribution in [0.15, 0.2) is 43.0 Å². The Morgan fingerprint density at radius 1 is 1.50 bits per heavy atom. The van der Waals surface area contributed by atoms with Crippen LogP contribution in [0.3, 0.4) is 0 Å². The first-order valence-electron chi connectivity index (χ1n) is 5.72. The minimum absolute atomic E-state index is 0.241. The summed E-state index contributed by atoms with van der Waals surface area (Å²) in [4.78, 5) is 24.4. The normalized spacial score (nSPS) is 18.3. The lowest BCUT2D eigenvalue weighted by Crippen LogP contribution is -2.40. The number of amides is 2. The lowest BCUT2D eigenvalue weighted by atomic mass is 10.1. The van der Waals surface area contributed by atoms with E-state index < -0.39 is 6.09 Å². The van der Waals surface area contributed by atoms with Crippen LogP contribution in [0.2, 0.25) is 0 Å². The third-order valence-electron chi connectivity index (χ3n) is 2.77. The molecule has 1 heterocycles. The van der Waals surface area contributed by atoms with Gasteiger partial charge in [0.05, 0.1) is 12.1 Å². The highest BCUT2D eigenvalue weighted by Crippen LogP contribution is 2.18. The fraction of sp³-hybridized carbons (Fsp3) is 0.214. The molecule has 1 saturated heterocycles. The van der Waals surface area contributed by atoms with Crippen molar-refractivity contribution in [3.8, 4) is 0 Å². The Kier molecular flexibility index (Phi) is 3.67. The van der Waals surface area contributed by atoms with Crippen molar-refractivity contribution in [2.75, 3.05) is 6.61 Å². The van der Waals surface area contributed by atoms with E-state index in [1.54, 1.807) is 0 Å². The second kappa shape index (κ2) is 5.40. The van der Waals surface area contributed by atoms with Gasteiger partial charge in [0.1, 0.15) is 13.0 Å². The summed E-state index contributed by atoms with van der Waals surface area (Å²) in [6.45, 7) is 3.69. The molecule has 1 aromatic rings. The summed E-state index contributed by atoms with van der Waals surface area (Å²) in [5.74, 6) is -0.381. The summed E-state index contributed by atoms with van der Waals surface area (Å²) in [7, 11) is 0. The van der Waals surface area contributed by atoms with E-state index >= 15 is 0 Å². The second-order valence-electron chi connectivity index (χ2n) is 4.03. The largest absolute Gasteiger partial charge is 0.447 e. The lowest BCUT2D eigenvalue weighted by molar-refractivity contribution is -0.125. The molecule has 1 aliphatic rings. The number of carbonyl (C=O) groups is 2. The zero-order valence-electron chi connectivity index (χ0n) is 9.91. The number of ether oxygens (including phenoxy) is 1. The molecule has 0 unspecified atom stereocenters. The summed E-state index contributed by atoms with van der Waals surface area (Å²) in [6, 6.07) is 9.45. The Labute approximate surface area is 106 Å². The van der Waals surface area contributed by atoms with Crippen molar-refractivity contribution >= 4 is 12.0 Å². The minimum Gasteiger partial charge on any atom is -0.447 e. The molecule has 1 aliphatic heterocycles. The highest BCUT2D eigenvalue weighted by molar-refractivity contribution is 5.99. The van der Waals surface area contributed by atoms with Gasteiger partial charge in [-0.05, 0) is 12.0 Å². The van der Waals surface area contributed by atoms with E-state index in [1.165, 1.54) is 12.5 Å². The summed E-state index contributed by atoms with van der Waals surface area (Å²) in [5, 5.41) is 0. The predicted octanol–water partition coefficient (Wildman–Crippen LogP) is 1.97. The number of rotatable bonds is 4. The molecule has 4 nitrogen and oxygen atoms in total. The van der Waals surface area contributed by atoms with Crippen molar-refractivity contribution < 1.29 is 14.3 Å². The number of hydrogen-bond acceptors (Lipinski definition) is 3. The van der Waals surface area contributed by atoms with E-state index in [4.69, 9.17) is 4.74 Å². The molecule has 2 rings (SSSR count). The maximum Gasteiger partial charge on any atom is 0.418 e. The number of imide groups is 1. The smallest absolute Gasteiger partial charge is 0.418 e. The number of carbonyl (C=O) groups excluding carboxylic acids is 2. The Hall–Kier alpha value is -2.23. The van der Waals surface area contributed by atoms with Gasteiger partial charge in [0.15, 0.2) is 0 Å². The fourth-order valence-electron chi connectivity index (χ4n) is 1.95. The van der Waals surface area contributed by atoms with Gasteiger partial charge in [-0.3, -0.25) is 0 Å². The topological polar surface area (TPSA) is 46.6 Å². The summed E-state index contributed by atoms with van der Waals surface area (Å²) < 4.78 is 4.93. The molecule has 4 heteroatoms. The summed E-state index contributed by atoms with van der Waals surface area (Å²) in [5.41, 5.74) is 1.07. The van der Waals surface area contributed by atoms with Crippen LogP contribution in [0.5, 0.6) is 0 Å². The molecule has 0 radical (unpaired) electrons. The molecule has 1 atom stereocenters. The Morgan fingerprint density at radius 3 is 2.89 bits per heavy atom. The van der Waals surface area contributed by atoms with Gasteiger partial charge in [-0.1, -0.05) is 30.3 Å². The predicted molar refractivity (Wildman–Crippen MR) is 66.6 cm³/mol. The van der Waals surface area contributed by atoms with Crippen molar-refractivity contribution in [2.45, 2.75) is 12.5 Å². The molecule has 1 fully saturated rings. The Bertz CT molecular complexity index is 455. The highest BCUT2D eigenvalue weighted by atomic mass is 16.6. The summed E-state index contributed by atoms with van der Waals surface area (Å²) in [6.07, 6.45) is 2.65. The van der Waals surface area contributed by atoms with Crippen molar-refractivity contribution in [3.63, 3.8) is 0 Å². The molecule has 0 spiro atoms. The van der Waals surface area contributed by atoms with Crippen molar-refractivity contribution in [3.05, 3.63) is 55.0 Å². The van der Waals surface area contributed by atoms with Crippen molar-refractivity contribution in [1.29, 1.82) is 0 Å². The molecule has 2 amide bonds. The average molecular weight is 244 g/mol. The standard InChI is InChI=1S/C14H14NO3/c1-2-6-13(16)15-12(10-18-14(15)17)9-11-7-4-3-5-8-11/h2-8,12H,1,9-10H2/q+1/t12-/m0/s1. The lowest BCUT2D eigenvalue weighted by Gasteiger charge is -2.16. The molecule has 0 saturated carbocycles. The second-order valence-corrected chi connectivity index (χ2v) is 4.03. The van der Waals surface area contributed by atoms with Crippen LogP contribution >= 0.6 is 0 Å². The molecule has 0 bridgehead atoms. The van der Waals surface area contributed by atoms with Gasteiger partial charge < -0.3 is 4.74 Å². The molecule has 1 aromatic carbocycles. The van der Waals surface area contributed by atoms with Crippen LogP contribution in [0.4, 0.5) is 4.79 Å². The van der Waals surface area contributed by atoms with E-state index in [2.05, 4.69) is 6.58 Å². The molecule has 0 aromatic heterocycles. The van der Waals surface area contributed by atoms with Crippen LogP contribution in [0.1, 0.15) is 5.56 Å². The molecular formula is C14H14NO3+. The number of benzene rings is 1. The zero-order chi connectivity index (χ0) is 13.0. The Balaban J connectivity index is 2.09. The highest BCUT2D eigenvalue weighted by Gasteiger charge is 2.39. The van der Waals surface area contributed by atoms with Crippen LogP contribution in [0, 0.1) is 6.42 Å². The van der Waals surface area contributed by atoms with E-state index in [0.717, 1.165) is 10.5 Å². The zero-order valence-corrected chi connectivity index (χ0v) is 9.91. The van der Waals surface area contributed by atoms with Gasteiger partial charge in [-0.2, -0.15) is 0 Å². The molecule has 0 aliphatic carbocycles. The first-order chi connectivity index (χ1) is 8.72. The van der Waals surface area contributed by atoms with Gasteiger partial charge >= 0.3 is 12.0 Å². The van der Waals surface area contributed by atoms with E-state index in [-0.39, 0.29) is 18.6 Å². The SMILES string of the molecule is C=C[CH+]C(=O)N1C(=O)OC[C@@H]1Cc1ccccc1. The van der Waals surface area contributed by atoms with E-state index in [1.807, 2.05) is 30.3 Å². The average Bonchev–Trinajstić information content (AvgIpc) is 2.72. The molecule has 92 valence electrons. The van der Waals surface area contributed by atoms with E-state index in [0.29, 0.717) is 6.42 Å². The van der Waals surface area contributed by atoms with Crippen molar-refractivity contribution in [1.82, 2.24) is 4.90 Å². The van der Waals surface area contributed by atoms with Gasteiger partial charge in [0, 0.05) is 6.58 Å². The van der Waals surface area contributed by atoms with Crippen LogP contribution < -0.4 is 0 Å². The number of cyclic esters (lactones) is 1. The van der Waals surface area contributed by atoms with Gasteiger partial charge in [-0.15, -0.1) is 0 Å². The number of nitrogens with zero attached hydrogens (tertiary/aromatic N) is 1.